The van der Waals surface area contributed by atoms with E-state index in [2.05, 4.69) is 10.0 Å². The van der Waals surface area contributed by atoms with Crippen molar-refractivity contribution in [2.45, 2.75) is 24.3 Å². The fourth-order valence-corrected chi connectivity index (χ4v) is 4.14. The Balaban J connectivity index is 1.67. The van der Waals surface area contributed by atoms with Crippen molar-refractivity contribution in [3.8, 4) is 5.75 Å². The zero-order valence-corrected chi connectivity index (χ0v) is 18.8. The van der Waals surface area contributed by atoms with Crippen molar-refractivity contribution in [3.63, 3.8) is 0 Å². The lowest BCUT2D eigenvalue weighted by Gasteiger charge is -2.18. The minimum absolute atomic E-state index is 0.0461. The number of rotatable bonds is 8. The van der Waals surface area contributed by atoms with Crippen molar-refractivity contribution in [3.05, 3.63) is 82.8 Å². The van der Waals surface area contributed by atoms with E-state index in [1.54, 1.807) is 42.5 Å². The number of benzene rings is 3. The van der Waals surface area contributed by atoms with Crippen LogP contribution in [-0.2, 0) is 14.8 Å². The van der Waals surface area contributed by atoms with Crippen molar-refractivity contribution in [1.82, 2.24) is 0 Å². The summed E-state index contributed by atoms with van der Waals surface area (Å²) in [5, 5.41) is 3.56. The Morgan fingerprint density at radius 1 is 0.968 bits per heavy atom. The highest BCUT2D eigenvalue weighted by Gasteiger charge is 2.20. The van der Waals surface area contributed by atoms with Crippen molar-refractivity contribution in [2.75, 3.05) is 10.0 Å². The first kappa shape index (κ1) is 22.9. The Hall–Kier alpha value is -2.74. The molecule has 0 bridgehead atoms. The van der Waals surface area contributed by atoms with Gasteiger partial charge in [0.25, 0.3) is 15.9 Å². The van der Waals surface area contributed by atoms with E-state index in [1.165, 1.54) is 30.3 Å². The molecule has 1 atom stereocenters. The maximum absolute atomic E-state index is 12.6. The van der Waals surface area contributed by atoms with Gasteiger partial charge >= 0.3 is 0 Å². The molecule has 3 rings (SSSR count). The van der Waals surface area contributed by atoms with E-state index in [0.29, 0.717) is 33.6 Å². The summed E-state index contributed by atoms with van der Waals surface area (Å²) < 4.78 is 33.3. The molecule has 0 radical (unpaired) electrons. The first-order chi connectivity index (χ1) is 14.8. The molecule has 162 valence electrons. The molecule has 0 aromatic heterocycles. The molecule has 0 aliphatic rings. The molecule has 0 fully saturated rings. The van der Waals surface area contributed by atoms with Gasteiger partial charge in [0.1, 0.15) is 5.75 Å². The summed E-state index contributed by atoms with van der Waals surface area (Å²) in [6.45, 7) is 1.82. The van der Waals surface area contributed by atoms with Crippen LogP contribution in [0.5, 0.6) is 5.75 Å². The SMILES string of the molecule is CC[C@@H](Oc1ccccc1Cl)C(=O)Nc1ccc(S(=O)(=O)Nc2cccc(Cl)c2)cc1. The van der Waals surface area contributed by atoms with Crippen LogP contribution in [0.2, 0.25) is 10.0 Å². The lowest BCUT2D eigenvalue weighted by atomic mass is 10.2. The van der Waals surface area contributed by atoms with E-state index in [1.807, 2.05) is 6.92 Å². The van der Waals surface area contributed by atoms with Crippen LogP contribution in [0.25, 0.3) is 0 Å². The van der Waals surface area contributed by atoms with Gasteiger partial charge in [-0.2, -0.15) is 0 Å². The standard InChI is InChI=1S/C22H20Cl2N2O4S/c1-2-20(30-21-9-4-3-8-19(21)24)22(27)25-16-10-12-18(13-11-16)31(28,29)26-17-7-5-6-15(23)14-17/h3-14,20,26H,2H2,1H3,(H,25,27)/t20-/m1/s1. The first-order valence-electron chi connectivity index (χ1n) is 9.39. The average molecular weight is 479 g/mol. The Morgan fingerprint density at radius 3 is 2.32 bits per heavy atom. The van der Waals surface area contributed by atoms with Crippen LogP contribution in [0.15, 0.2) is 77.7 Å². The number of carbonyl (C=O) groups excluding carboxylic acids is 1. The van der Waals surface area contributed by atoms with Gasteiger partial charge in [-0.3, -0.25) is 9.52 Å². The third-order valence-electron chi connectivity index (χ3n) is 4.28. The molecule has 2 N–H and O–H groups in total. The molecule has 1 amide bonds. The average Bonchev–Trinajstić information content (AvgIpc) is 2.73. The van der Waals surface area contributed by atoms with Gasteiger partial charge in [-0.05, 0) is 61.0 Å². The monoisotopic (exact) mass is 478 g/mol. The predicted octanol–water partition coefficient (Wildman–Crippen LogP) is 5.59. The number of anilines is 2. The van der Waals surface area contributed by atoms with Gasteiger partial charge in [-0.15, -0.1) is 0 Å². The molecule has 0 heterocycles. The van der Waals surface area contributed by atoms with Crippen molar-refractivity contribution >= 4 is 50.5 Å². The summed E-state index contributed by atoms with van der Waals surface area (Å²) >= 11 is 12.0. The highest BCUT2D eigenvalue weighted by molar-refractivity contribution is 7.92. The smallest absolute Gasteiger partial charge is 0.265 e. The van der Waals surface area contributed by atoms with Crippen LogP contribution in [-0.4, -0.2) is 20.4 Å². The largest absolute Gasteiger partial charge is 0.479 e. The van der Waals surface area contributed by atoms with Crippen molar-refractivity contribution in [2.24, 2.45) is 0 Å². The molecule has 3 aromatic carbocycles. The number of sulfonamides is 1. The van der Waals surface area contributed by atoms with Crippen LogP contribution in [0, 0.1) is 0 Å². The number of para-hydroxylation sites is 1. The molecule has 0 aliphatic carbocycles. The van der Waals surface area contributed by atoms with Crippen LogP contribution in [0.1, 0.15) is 13.3 Å². The quantitative estimate of drug-likeness (QED) is 0.441. The number of ether oxygens (including phenoxy) is 1. The minimum Gasteiger partial charge on any atom is -0.479 e. The maximum atomic E-state index is 12.6. The lowest BCUT2D eigenvalue weighted by molar-refractivity contribution is -0.122. The summed E-state index contributed by atoms with van der Waals surface area (Å²) in [4.78, 5) is 12.6. The molecule has 0 spiro atoms. The van der Waals surface area contributed by atoms with E-state index in [9.17, 15) is 13.2 Å². The highest BCUT2D eigenvalue weighted by atomic mass is 35.5. The second kappa shape index (κ2) is 10.0. The molecule has 0 unspecified atom stereocenters. The Morgan fingerprint density at radius 2 is 1.68 bits per heavy atom. The zero-order chi connectivity index (χ0) is 22.4. The predicted molar refractivity (Wildman–Crippen MR) is 123 cm³/mol. The summed E-state index contributed by atoms with van der Waals surface area (Å²) in [5.74, 6) is 0.0507. The fourth-order valence-electron chi connectivity index (χ4n) is 2.72. The second-order valence-electron chi connectivity index (χ2n) is 6.57. The Labute approximate surface area is 191 Å². The van der Waals surface area contributed by atoms with E-state index in [4.69, 9.17) is 27.9 Å². The number of amides is 1. The number of hydrogen-bond donors (Lipinski definition) is 2. The van der Waals surface area contributed by atoms with E-state index < -0.39 is 16.1 Å². The van der Waals surface area contributed by atoms with Crippen LogP contribution in [0.3, 0.4) is 0 Å². The summed E-state index contributed by atoms with van der Waals surface area (Å²) in [6, 6.07) is 19.1. The van der Waals surface area contributed by atoms with Gasteiger partial charge in [-0.1, -0.05) is 48.3 Å². The van der Waals surface area contributed by atoms with Gasteiger partial charge in [0.15, 0.2) is 6.10 Å². The van der Waals surface area contributed by atoms with Crippen LogP contribution in [0.4, 0.5) is 11.4 Å². The highest BCUT2D eigenvalue weighted by Crippen LogP contribution is 2.25. The van der Waals surface area contributed by atoms with Crippen molar-refractivity contribution < 1.29 is 17.9 Å². The third kappa shape index (κ3) is 6.13. The topological polar surface area (TPSA) is 84.5 Å². The van der Waals surface area contributed by atoms with Gasteiger partial charge in [0.2, 0.25) is 0 Å². The van der Waals surface area contributed by atoms with Gasteiger partial charge in [0.05, 0.1) is 15.6 Å². The molecule has 3 aromatic rings. The molecular formula is C22H20Cl2N2O4S. The molecule has 31 heavy (non-hydrogen) atoms. The maximum Gasteiger partial charge on any atom is 0.265 e. The fraction of sp³-hybridized carbons (Fsp3) is 0.136. The number of nitrogens with one attached hydrogen (secondary N) is 2. The Bertz CT molecular complexity index is 1170. The molecule has 9 heteroatoms. The Kier molecular flexibility index (Phi) is 7.43. The number of halogens is 2. The van der Waals surface area contributed by atoms with Gasteiger partial charge in [-0.25, -0.2) is 8.42 Å². The van der Waals surface area contributed by atoms with Crippen LogP contribution >= 0.6 is 23.2 Å². The minimum atomic E-state index is -3.80. The van der Waals surface area contributed by atoms with E-state index in [-0.39, 0.29) is 10.8 Å². The molecule has 0 saturated heterocycles. The molecule has 0 saturated carbocycles. The van der Waals surface area contributed by atoms with E-state index >= 15 is 0 Å². The van der Waals surface area contributed by atoms with Gasteiger partial charge < -0.3 is 10.1 Å². The molecule has 0 aliphatic heterocycles. The third-order valence-corrected chi connectivity index (χ3v) is 6.22. The van der Waals surface area contributed by atoms with Gasteiger partial charge in [0, 0.05) is 10.7 Å². The summed E-state index contributed by atoms with van der Waals surface area (Å²) in [6.07, 6.45) is -0.333. The van der Waals surface area contributed by atoms with Crippen molar-refractivity contribution in [1.29, 1.82) is 0 Å². The lowest BCUT2D eigenvalue weighted by Crippen LogP contribution is -2.32. The number of carbonyl (C=O) groups is 1. The zero-order valence-electron chi connectivity index (χ0n) is 16.5. The molecular weight excluding hydrogens is 459 g/mol. The summed E-state index contributed by atoms with van der Waals surface area (Å²) in [5.41, 5.74) is 0.792. The normalized spacial score (nSPS) is 12.1. The van der Waals surface area contributed by atoms with Crippen LogP contribution < -0.4 is 14.8 Å². The first-order valence-corrected chi connectivity index (χ1v) is 11.6. The molecule has 6 nitrogen and oxygen atoms in total. The van der Waals surface area contributed by atoms with E-state index in [0.717, 1.165) is 0 Å². The number of hydrogen-bond acceptors (Lipinski definition) is 4. The second-order valence-corrected chi connectivity index (χ2v) is 9.10. The summed E-state index contributed by atoms with van der Waals surface area (Å²) in [7, 11) is -3.80.